The number of hydrogen-bond acceptors (Lipinski definition) is 4. The van der Waals surface area contributed by atoms with Gasteiger partial charge in [0.2, 0.25) is 0 Å². The Hall–Kier alpha value is -1.74. The fourth-order valence-electron chi connectivity index (χ4n) is 3.63. The zero-order valence-corrected chi connectivity index (χ0v) is 17.0. The van der Waals surface area contributed by atoms with Crippen LogP contribution in [0.3, 0.4) is 0 Å². The van der Waals surface area contributed by atoms with Crippen molar-refractivity contribution in [2.24, 2.45) is 0 Å². The van der Waals surface area contributed by atoms with E-state index in [1.807, 2.05) is 62.4 Å². The molecule has 0 saturated carbocycles. The molecule has 0 aliphatic heterocycles. The molecule has 0 amide bonds. The molecule has 0 radical (unpaired) electrons. The van der Waals surface area contributed by atoms with Crippen molar-refractivity contribution >= 4 is 14.0 Å². The summed E-state index contributed by atoms with van der Waals surface area (Å²) in [4.78, 5) is 13.4. The van der Waals surface area contributed by atoms with Crippen LogP contribution in [-0.2, 0) is 24.0 Å². The summed E-state index contributed by atoms with van der Waals surface area (Å²) < 4.78 is 24.1. The number of unbranched alkanes of at least 4 members (excludes halogenated alkanes) is 2. The normalized spacial score (nSPS) is 15.2. The van der Waals surface area contributed by atoms with E-state index in [0.717, 1.165) is 47.9 Å². The molecule has 1 unspecified atom stereocenters. The van der Waals surface area contributed by atoms with Gasteiger partial charge in [0.25, 0.3) is 0 Å². The highest BCUT2D eigenvalue weighted by Crippen LogP contribution is 2.54. The van der Waals surface area contributed by atoms with Crippen molar-refractivity contribution < 1.29 is 18.4 Å². The number of benzene rings is 2. The number of carbonyl (C=O) groups is 1. The van der Waals surface area contributed by atoms with Crippen LogP contribution in [0, 0.1) is 0 Å². The average Bonchev–Trinajstić information content (AvgIpc) is 2.98. The molecule has 1 aliphatic carbocycles. The number of hydrogen-bond donors (Lipinski definition) is 0. The van der Waals surface area contributed by atoms with Crippen molar-refractivity contribution in [3.63, 3.8) is 0 Å². The molecule has 0 saturated heterocycles. The van der Waals surface area contributed by atoms with E-state index in [4.69, 9.17) is 9.05 Å². The minimum absolute atomic E-state index is 0.0563. The molecule has 0 spiro atoms. The lowest BCUT2D eigenvalue weighted by Crippen LogP contribution is -2.36. The van der Waals surface area contributed by atoms with Gasteiger partial charge in [-0.25, -0.2) is 0 Å². The molecule has 1 aliphatic rings. The summed E-state index contributed by atoms with van der Waals surface area (Å²) in [5.74, 6) is -0.0563. The van der Waals surface area contributed by atoms with Crippen molar-refractivity contribution in [1.82, 2.24) is 0 Å². The number of Topliss-reactive ketones (excluding diaryl/α,β-unsaturated/α-hetero) is 1. The van der Waals surface area contributed by atoms with Crippen molar-refractivity contribution in [2.75, 3.05) is 6.61 Å². The van der Waals surface area contributed by atoms with Crippen LogP contribution in [0.25, 0.3) is 11.1 Å². The number of fused-ring (bicyclic) bond motifs is 3. The Kier molecular flexibility index (Phi) is 6.64. The van der Waals surface area contributed by atoms with Gasteiger partial charge >= 0.3 is 8.25 Å². The first-order valence-electron chi connectivity index (χ1n) is 9.73. The molecular formula is C22H27O4P. The van der Waals surface area contributed by atoms with Gasteiger partial charge in [0, 0.05) is 17.5 Å². The summed E-state index contributed by atoms with van der Waals surface area (Å²) in [6.07, 6.45) is 3.81. The van der Waals surface area contributed by atoms with Gasteiger partial charge in [-0.1, -0.05) is 75.2 Å². The summed E-state index contributed by atoms with van der Waals surface area (Å²) in [5, 5.41) is 0. The maximum Gasteiger partial charge on any atom is 0.320 e. The molecule has 5 heteroatoms. The Bertz CT molecular complexity index is 785. The van der Waals surface area contributed by atoms with Gasteiger partial charge in [0.05, 0.1) is 6.61 Å². The molecule has 4 nitrogen and oxygen atoms in total. The number of ketones is 1. The largest absolute Gasteiger partial charge is 0.320 e. The first-order valence-corrected chi connectivity index (χ1v) is 11.0. The fraction of sp³-hybridized carbons (Fsp3) is 0.409. The molecule has 0 N–H and O–H groups in total. The van der Waals surface area contributed by atoms with Crippen LogP contribution < -0.4 is 0 Å². The molecule has 2 aromatic rings. The SMILES string of the molecule is CCCCO[PH](=O)OC1(C(=O)CCCC)c2ccccc2-c2ccccc21. The topological polar surface area (TPSA) is 52.6 Å². The minimum Gasteiger partial charge on any atom is -0.311 e. The standard InChI is InChI=1S/C22H27O4P/c1-3-5-15-21(23)22(26-27(24)25-16-6-4-2)19-13-9-7-11-17(19)18-12-8-10-14-20(18)22/h7-14,27H,3-6,15-16H2,1-2H3. The van der Waals surface area contributed by atoms with Crippen molar-refractivity contribution in [3.05, 3.63) is 59.7 Å². The smallest absolute Gasteiger partial charge is 0.311 e. The number of carbonyl (C=O) groups excluding carboxylic acids is 1. The van der Waals surface area contributed by atoms with E-state index in [-0.39, 0.29) is 5.78 Å². The van der Waals surface area contributed by atoms with Crippen LogP contribution in [0.5, 0.6) is 0 Å². The predicted octanol–water partition coefficient (Wildman–Crippen LogP) is 5.89. The van der Waals surface area contributed by atoms with Crippen molar-refractivity contribution in [1.29, 1.82) is 0 Å². The molecule has 27 heavy (non-hydrogen) atoms. The van der Waals surface area contributed by atoms with Crippen LogP contribution in [0.1, 0.15) is 57.1 Å². The lowest BCUT2D eigenvalue weighted by molar-refractivity contribution is -0.132. The van der Waals surface area contributed by atoms with Gasteiger partial charge in [-0.3, -0.25) is 13.9 Å². The van der Waals surface area contributed by atoms with Gasteiger partial charge in [-0.05, 0) is 24.0 Å². The molecule has 144 valence electrons. The van der Waals surface area contributed by atoms with Crippen LogP contribution in [0.2, 0.25) is 0 Å². The third-order valence-corrected chi connectivity index (χ3v) is 5.92. The summed E-state index contributed by atoms with van der Waals surface area (Å²) in [5.41, 5.74) is 2.11. The zero-order valence-electron chi connectivity index (χ0n) is 16.0. The Morgan fingerprint density at radius 1 is 0.926 bits per heavy atom. The minimum atomic E-state index is -2.83. The van der Waals surface area contributed by atoms with Crippen molar-refractivity contribution in [2.45, 2.75) is 51.6 Å². The van der Waals surface area contributed by atoms with Crippen LogP contribution in [-0.4, -0.2) is 12.4 Å². The molecule has 0 fully saturated rings. The van der Waals surface area contributed by atoms with Gasteiger partial charge in [-0.2, -0.15) is 0 Å². The molecule has 0 heterocycles. The predicted molar refractivity (Wildman–Crippen MR) is 108 cm³/mol. The maximum absolute atomic E-state index is 13.4. The van der Waals surface area contributed by atoms with Crippen molar-refractivity contribution in [3.8, 4) is 11.1 Å². The van der Waals surface area contributed by atoms with E-state index in [0.29, 0.717) is 13.0 Å². The highest BCUT2D eigenvalue weighted by Gasteiger charge is 2.50. The summed E-state index contributed by atoms with van der Waals surface area (Å²) in [7, 11) is -2.83. The van der Waals surface area contributed by atoms with Crippen LogP contribution in [0.15, 0.2) is 48.5 Å². The van der Waals surface area contributed by atoms with E-state index in [2.05, 4.69) is 0 Å². The lowest BCUT2D eigenvalue weighted by atomic mass is 9.85. The summed E-state index contributed by atoms with van der Waals surface area (Å²) in [6, 6.07) is 15.5. The third-order valence-electron chi connectivity index (χ3n) is 5.01. The molecule has 1 atom stereocenters. The van der Waals surface area contributed by atoms with Gasteiger partial charge < -0.3 is 4.52 Å². The van der Waals surface area contributed by atoms with E-state index >= 15 is 0 Å². The monoisotopic (exact) mass is 386 g/mol. The zero-order chi connectivity index (χ0) is 19.3. The highest BCUT2D eigenvalue weighted by molar-refractivity contribution is 7.33. The Labute approximate surface area is 161 Å². The average molecular weight is 386 g/mol. The summed E-state index contributed by atoms with van der Waals surface area (Å²) in [6.45, 7) is 4.46. The Morgan fingerprint density at radius 3 is 2.04 bits per heavy atom. The van der Waals surface area contributed by atoms with E-state index < -0.39 is 13.9 Å². The second-order valence-electron chi connectivity index (χ2n) is 6.85. The second kappa shape index (κ2) is 8.97. The Morgan fingerprint density at radius 2 is 1.48 bits per heavy atom. The number of rotatable bonds is 10. The molecule has 0 bridgehead atoms. The lowest BCUT2D eigenvalue weighted by Gasteiger charge is -2.30. The van der Waals surface area contributed by atoms with E-state index in [1.54, 1.807) is 0 Å². The fourth-order valence-corrected chi connectivity index (χ4v) is 4.58. The molecule has 3 rings (SSSR count). The Balaban J connectivity index is 2.07. The van der Waals surface area contributed by atoms with Crippen LogP contribution in [0.4, 0.5) is 0 Å². The van der Waals surface area contributed by atoms with Gasteiger partial charge in [0.15, 0.2) is 11.4 Å². The molecular weight excluding hydrogens is 359 g/mol. The van der Waals surface area contributed by atoms with E-state index in [9.17, 15) is 9.36 Å². The quantitative estimate of drug-likeness (QED) is 0.377. The first-order chi connectivity index (χ1) is 13.1. The molecule has 2 aromatic carbocycles. The van der Waals surface area contributed by atoms with Gasteiger partial charge in [0.1, 0.15) is 0 Å². The third kappa shape index (κ3) is 3.80. The van der Waals surface area contributed by atoms with Crippen LogP contribution >= 0.6 is 8.25 Å². The second-order valence-corrected chi connectivity index (χ2v) is 7.85. The summed E-state index contributed by atoms with van der Waals surface area (Å²) >= 11 is 0. The van der Waals surface area contributed by atoms with E-state index in [1.165, 1.54) is 0 Å². The molecule has 0 aromatic heterocycles. The van der Waals surface area contributed by atoms with Gasteiger partial charge in [-0.15, -0.1) is 0 Å². The maximum atomic E-state index is 13.4. The highest BCUT2D eigenvalue weighted by atomic mass is 31.1. The first kappa shape index (κ1) is 20.0.